The lowest BCUT2D eigenvalue weighted by Crippen LogP contribution is -2.42. The van der Waals surface area contributed by atoms with Gasteiger partial charge in [-0.2, -0.15) is 0 Å². The molecule has 1 rings (SSSR count). The Morgan fingerprint density at radius 1 is 1.40 bits per heavy atom. The number of aliphatic hydroxyl groups is 2. The van der Waals surface area contributed by atoms with Gasteiger partial charge in [-0.15, -0.1) is 0 Å². The largest absolute Gasteiger partial charge is 0.445 e. The molecule has 1 aromatic rings. The van der Waals surface area contributed by atoms with E-state index in [1.54, 1.807) is 6.92 Å². The van der Waals surface area contributed by atoms with Gasteiger partial charge in [0.1, 0.15) is 6.61 Å². The van der Waals surface area contributed by atoms with Gasteiger partial charge >= 0.3 is 6.09 Å². The van der Waals surface area contributed by atoms with Crippen LogP contribution < -0.4 is 5.32 Å². The Bertz CT molecular complexity index is 406. The Labute approximate surface area is 119 Å². The Morgan fingerprint density at radius 2 is 2.05 bits per heavy atom. The monoisotopic (exact) mass is 281 g/mol. The number of carbonyl (C=O) groups excluding carboxylic acids is 1. The molecule has 0 saturated carbocycles. The molecule has 0 heterocycles. The minimum absolute atomic E-state index is 0.00854. The SMILES string of the molecule is C[C@H](CO)C[C@](C)(O)CNC(=O)OCc1ccccc1. The molecule has 2 atom stereocenters. The van der Waals surface area contributed by atoms with Crippen molar-refractivity contribution in [1.82, 2.24) is 5.32 Å². The standard InChI is InChI=1S/C15H23NO4/c1-12(9-17)8-15(2,19)11-16-14(18)20-10-13-6-4-3-5-7-13/h3-7,12,17,19H,8-11H2,1-2H3,(H,16,18)/t12-,15-/m0/s1. The molecule has 0 aliphatic heterocycles. The second kappa shape index (κ2) is 7.87. The summed E-state index contributed by atoms with van der Waals surface area (Å²) in [4.78, 5) is 11.5. The molecule has 5 nitrogen and oxygen atoms in total. The first-order valence-electron chi connectivity index (χ1n) is 6.71. The second-order valence-electron chi connectivity index (χ2n) is 5.40. The number of ether oxygens (including phenoxy) is 1. The molecule has 3 N–H and O–H groups in total. The number of carbonyl (C=O) groups is 1. The van der Waals surface area contributed by atoms with Crippen molar-refractivity contribution in [2.75, 3.05) is 13.2 Å². The molecule has 5 heteroatoms. The maximum Gasteiger partial charge on any atom is 0.407 e. The quantitative estimate of drug-likeness (QED) is 0.710. The number of aliphatic hydroxyl groups excluding tert-OH is 1. The van der Waals surface area contributed by atoms with Crippen LogP contribution in [-0.4, -0.2) is 35.1 Å². The third kappa shape index (κ3) is 6.54. The van der Waals surface area contributed by atoms with Crippen LogP contribution in [0.5, 0.6) is 0 Å². The summed E-state index contributed by atoms with van der Waals surface area (Å²) in [5, 5.41) is 21.6. The van der Waals surface area contributed by atoms with Crippen LogP contribution in [0.3, 0.4) is 0 Å². The van der Waals surface area contributed by atoms with Crippen molar-refractivity contribution in [3.8, 4) is 0 Å². The highest BCUT2D eigenvalue weighted by Gasteiger charge is 2.24. The van der Waals surface area contributed by atoms with E-state index in [1.165, 1.54) is 0 Å². The minimum atomic E-state index is -1.06. The maximum atomic E-state index is 11.5. The van der Waals surface area contributed by atoms with Gasteiger partial charge in [0.25, 0.3) is 0 Å². The molecule has 0 saturated heterocycles. The van der Waals surface area contributed by atoms with Crippen molar-refractivity contribution in [3.63, 3.8) is 0 Å². The minimum Gasteiger partial charge on any atom is -0.445 e. The average Bonchev–Trinajstić information content (AvgIpc) is 2.43. The van der Waals surface area contributed by atoms with E-state index in [9.17, 15) is 9.90 Å². The van der Waals surface area contributed by atoms with E-state index < -0.39 is 11.7 Å². The topological polar surface area (TPSA) is 78.8 Å². The van der Waals surface area contributed by atoms with Crippen molar-refractivity contribution in [2.45, 2.75) is 32.5 Å². The zero-order valence-electron chi connectivity index (χ0n) is 12.0. The summed E-state index contributed by atoms with van der Waals surface area (Å²) in [5.74, 6) is -0.0212. The van der Waals surface area contributed by atoms with Gasteiger partial charge in [0, 0.05) is 13.2 Å². The molecule has 20 heavy (non-hydrogen) atoms. The lowest BCUT2D eigenvalue weighted by atomic mass is 9.94. The van der Waals surface area contributed by atoms with E-state index >= 15 is 0 Å². The van der Waals surface area contributed by atoms with Gasteiger partial charge in [0.2, 0.25) is 0 Å². The van der Waals surface area contributed by atoms with E-state index in [4.69, 9.17) is 9.84 Å². The summed E-state index contributed by atoms with van der Waals surface area (Å²) in [6.07, 6.45) is -0.159. The first-order chi connectivity index (χ1) is 9.43. The summed E-state index contributed by atoms with van der Waals surface area (Å²) in [6, 6.07) is 9.37. The molecule has 112 valence electrons. The van der Waals surface area contributed by atoms with Gasteiger partial charge in [-0.1, -0.05) is 37.3 Å². The van der Waals surface area contributed by atoms with Crippen molar-refractivity contribution >= 4 is 6.09 Å². The Morgan fingerprint density at radius 3 is 2.65 bits per heavy atom. The van der Waals surface area contributed by atoms with Crippen molar-refractivity contribution in [3.05, 3.63) is 35.9 Å². The Hall–Kier alpha value is -1.59. The van der Waals surface area contributed by atoms with Crippen LogP contribution in [0.4, 0.5) is 4.79 Å². The summed E-state index contributed by atoms with van der Waals surface area (Å²) in [5.41, 5.74) is -0.156. The molecule has 0 aromatic heterocycles. The normalized spacial score (nSPS) is 15.2. The number of alkyl carbamates (subject to hydrolysis) is 1. The molecule has 1 aromatic carbocycles. The van der Waals surface area contributed by atoms with Crippen LogP contribution in [-0.2, 0) is 11.3 Å². The molecule has 0 bridgehead atoms. The molecular weight excluding hydrogens is 258 g/mol. The zero-order valence-corrected chi connectivity index (χ0v) is 12.0. The third-order valence-corrected chi connectivity index (χ3v) is 2.93. The number of nitrogens with one attached hydrogen (secondary N) is 1. The third-order valence-electron chi connectivity index (χ3n) is 2.93. The second-order valence-corrected chi connectivity index (χ2v) is 5.40. The van der Waals surface area contributed by atoms with Gasteiger partial charge in [-0.05, 0) is 24.8 Å². The van der Waals surface area contributed by atoms with Crippen molar-refractivity contribution < 1.29 is 19.7 Å². The number of benzene rings is 1. The molecule has 0 radical (unpaired) electrons. The smallest absolute Gasteiger partial charge is 0.407 e. The van der Waals surface area contributed by atoms with Gasteiger partial charge < -0.3 is 20.3 Å². The molecule has 0 aliphatic carbocycles. The predicted octanol–water partition coefficient (Wildman–Crippen LogP) is 1.68. The molecule has 0 aliphatic rings. The van der Waals surface area contributed by atoms with E-state index in [-0.39, 0.29) is 25.7 Å². The predicted molar refractivity (Wildman–Crippen MR) is 76.1 cm³/mol. The first kappa shape index (κ1) is 16.5. The molecular formula is C15H23NO4. The number of hydrogen-bond donors (Lipinski definition) is 3. The van der Waals surface area contributed by atoms with Crippen LogP contribution in [0.25, 0.3) is 0 Å². The highest BCUT2D eigenvalue weighted by Crippen LogP contribution is 2.15. The summed E-state index contributed by atoms with van der Waals surface area (Å²) >= 11 is 0. The lowest BCUT2D eigenvalue weighted by Gasteiger charge is -2.26. The van der Waals surface area contributed by atoms with Crippen molar-refractivity contribution in [2.24, 2.45) is 5.92 Å². The van der Waals surface area contributed by atoms with Crippen LogP contribution in [0.15, 0.2) is 30.3 Å². The summed E-state index contributed by atoms with van der Waals surface area (Å²) in [6.45, 7) is 3.75. The number of rotatable bonds is 7. The van der Waals surface area contributed by atoms with Crippen LogP contribution >= 0.6 is 0 Å². The number of amides is 1. The van der Waals surface area contributed by atoms with Crippen LogP contribution in [0.1, 0.15) is 25.8 Å². The summed E-state index contributed by atoms with van der Waals surface area (Å²) < 4.78 is 5.04. The maximum absolute atomic E-state index is 11.5. The van der Waals surface area contributed by atoms with E-state index in [2.05, 4.69) is 5.32 Å². The number of hydrogen-bond acceptors (Lipinski definition) is 4. The molecule has 1 amide bonds. The summed E-state index contributed by atoms with van der Waals surface area (Å²) in [7, 11) is 0. The van der Waals surface area contributed by atoms with Gasteiger partial charge in [-0.25, -0.2) is 4.79 Å². The zero-order chi connectivity index (χ0) is 15.0. The fourth-order valence-corrected chi connectivity index (χ4v) is 1.92. The van der Waals surface area contributed by atoms with Crippen LogP contribution in [0, 0.1) is 5.92 Å². The molecule has 0 unspecified atom stereocenters. The van der Waals surface area contributed by atoms with E-state index in [0.717, 1.165) is 5.56 Å². The van der Waals surface area contributed by atoms with E-state index in [0.29, 0.717) is 6.42 Å². The molecule has 0 spiro atoms. The Kier molecular flexibility index (Phi) is 6.48. The van der Waals surface area contributed by atoms with Crippen molar-refractivity contribution in [1.29, 1.82) is 0 Å². The molecule has 0 fully saturated rings. The average molecular weight is 281 g/mol. The van der Waals surface area contributed by atoms with Gasteiger partial charge in [0.15, 0.2) is 0 Å². The van der Waals surface area contributed by atoms with Crippen LogP contribution in [0.2, 0.25) is 0 Å². The van der Waals surface area contributed by atoms with Gasteiger partial charge in [0.05, 0.1) is 5.60 Å². The Balaban J connectivity index is 2.29. The fraction of sp³-hybridized carbons (Fsp3) is 0.533. The lowest BCUT2D eigenvalue weighted by molar-refractivity contribution is 0.0253. The van der Waals surface area contributed by atoms with E-state index in [1.807, 2.05) is 37.3 Å². The highest BCUT2D eigenvalue weighted by atomic mass is 16.5. The van der Waals surface area contributed by atoms with Gasteiger partial charge in [-0.3, -0.25) is 0 Å². The first-order valence-corrected chi connectivity index (χ1v) is 6.71. The fourth-order valence-electron chi connectivity index (χ4n) is 1.92. The highest BCUT2D eigenvalue weighted by molar-refractivity contribution is 5.67.